The summed E-state index contributed by atoms with van der Waals surface area (Å²) in [5.74, 6) is -1.13. The third-order valence-electron chi connectivity index (χ3n) is 2.38. The molecule has 102 valence electrons. The Hall–Kier alpha value is -1.67. The minimum atomic E-state index is -4.52. The lowest BCUT2D eigenvalue weighted by molar-refractivity contribution is -0.144. The lowest BCUT2D eigenvalue weighted by Gasteiger charge is -2.11. The lowest BCUT2D eigenvalue weighted by Crippen LogP contribution is -2.20. The van der Waals surface area contributed by atoms with Crippen LogP contribution in [-0.4, -0.2) is 15.9 Å². The summed E-state index contributed by atoms with van der Waals surface area (Å²) < 4.78 is 40.1. The molecule has 1 unspecified atom stereocenters. The third-order valence-corrected chi connectivity index (χ3v) is 3.05. The van der Waals surface area contributed by atoms with Crippen LogP contribution in [0.4, 0.5) is 18.3 Å². The Labute approximate surface area is 111 Å². The van der Waals surface area contributed by atoms with Gasteiger partial charge in [-0.15, -0.1) is 0 Å². The van der Waals surface area contributed by atoms with E-state index < -0.39 is 12.0 Å². The zero-order valence-corrected chi connectivity index (χ0v) is 10.5. The van der Waals surface area contributed by atoms with E-state index in [1.165, 1.54) is 0 Å². The number of nitrogens with zero attached hydrogens (tertiary/aromatic N) is 2. The van der Waals surface area contributed by atoms with E-state index in [0.717, 1.165) is 5.56 Å². The van der Waals surface area contributed by atoms with E-state index in [4.69, 9.17) is 5.73 Å². The molecule has 0 aliphatic heterocycles. The van der Waals surface area contributed by atoms with Gasteiger partial charge in [-0.2, -0.15) is 22.5 Å². The van der Waals surface area contributed by atoms with Crippen LogP contribution in [-0.2, 0) is 6.18 Å². The normalized spacial score (nSPS) is 13.3. The number of aromatic nitrogens is 2. The van der Waals surface area contributed by atoms with E-state index in [1.807, 2.05) is 30.3 Å². The van der Waals surface area contributed by atoms with Crippen LogP contribution >= 0.6 is 11.5 Å². The van der Waals surface area contributed by atoms with E-state index >= 15 is 0 Å². The molecule has 19 heavy (non-hydrogen) atoms. The molecule has 4 nitrogen and oxygen atoms in total. The van der Waals surface area contributed by atoms with Crippen LogP contribution in [0, 0.1) is 0 Å². The van der Waals surface area contributed by atoms with Crippen LogP contribution < -0.4 is 11.1 Å². The van der Waals surface area contributed by atoms with Crippen molar-refractivity contribution in [1.29, 1.82) is 0 Å². The summed E-state index contributed by atoms with van der Waals surface area (Å²) in [6.07, 6.45) is -4.52. The van der Waals surface area contributed by atoms with Crippen molar-refractivity contribution in [3.63, 3.8) is 0 Å². The molecule has 0 saturated heterocycles. The SMILES string of the molecule is NC(CNc1nc(C(F)(F)F)ns1)c1ccccc1. The molecule has 0 saturated carbocycles. The Bertz CT molecular complexity index is 526. The highest BCUT2D eigenvalue weighted by atomic mass is 32.1. The van der Waals surface area contributed by atoms with Gasteiger partial charge in [-0.1, -0.05) is 30.3 Å². The summed E-state index contributed by atoms with van der Waals surface area (Å²) in [5, 5.41) is 2.87. The molecule has 1 atom stereocenters. The van der Waals surface area contributed by atoms with Gasteiger partial charge in [0, 0.05) is 24.1 Å². The minimum absolute atomic E-state index is 0.110. The smallest absolute Gasteiger partial charge is 0.358 e. The predicted octanol–water partition coefficient (Wildman–Crippen LogP) is 2.67. The first-order valence-electron chi connectivity index (χ1n) is 5.42. The fraction of sp³-hybridized carbons (Fsp3) is 0.273. The molecule has 0 aliphatic carbocycles. The Kier molecular flexibility index (Phi) is 4.01. The molecule has 1 heterocycles. The van der Waals surface area contributed by atoms with Crippen LogP contribution in [0.25, 0.3) is 0 Å². The molecular formula is C11H11F3N4S. The van der Waals surface area contributed by atoms with Crippen LogP contribution in [0.1, 0.15) is 17.4 Å². The molecule has 8 heteroatoms. The summed E-state index contributed by atoms with van der Waals surface area (Å²) in [4.78, 5) is 3.36. The van der Waals surface area contributed by atoms with Crippen molar-refractivity contribution in [3.05, 3.63) is 41.7 Å². The number of hydrogen-bond acceptors (Lipinski definition) is 5. The van der Waals surface area contributed by atoms with Crippen LogP contribution in [0.3, 0.4) is 0 Å². The highest BCUT2D eigenvalue weighted by molar-refractivity contribution is 7.09. The average Bonchev–Trinajstić information content (AvgIpc) is 2.86. The number of halogens is 3. The topological polar surface area (TPSA) is 63.8 Å². The standard InChI is InChI=1S/C11H11F3N4S/c12-11(13,14)9-17-10(19-18-9)16-6-8(15)7-4-2-1-3-5-7/h1-5,8H,6,15H2,(H,16,17,18). The monoisotopic (exact) mass is 288 g/mol. The van der Waals surface area contributed by atoms with Gasteiger partial charge >= 0.3 is 6.18 Å². The molecular weight excluding hydrogens is 277 g/mol. The highest BCUT2D eigenvalue weighted by Gasteiger charge is 2.36. The van der Waals surface area contributed by atoms with Crippen molar-refractivity contribution < 1.29 is 13.2 Å². The van der Waals surface area contributed by atoms with E-state index in [1.54, 1.807) is 0 Å². The molecule has 3 N–H and O–H groups in total. The second-order valence-corrected chi connectivity index (χ2v) is 4.57. The van der Waals surface area contributed by atoms with Gasteiger partial charge in [0.15, 0.2) is 0 Å². The molecule has 0 spiro atoms. The maximum Gasteiger partial charge on any atom is 0.452 e. The van der Waals surface area contributed by atoms with E-state index in [0.29, 0.717) is 11.5 Å². The molecule has 2 aromatic rings. The van der Waals surface area contributed by atoms with Gasteiger partial charge in [0.05, 0.1) is 0 Å². The number of nitrogens with two attached hydrogens (primary N) is 1. The highest BCUT2D eigenvalue weighted by Crippen LogP contribution is 2.29. The predicted molar refractivity (Wildman–Crippen MR) is 66.8 cm³/mol. The molecule has 1 aromatic carbocycles. The Balaban J connectivity index is 1.94. The van der Waals surface area contributed by atoms with Gasteiger partial charge in [-0.05, 0) is 5.56 Å². The summed E-state index contributed by atoms with van der Waals surface area (Å²) in [6.45, 7) is 0.288. The van der Waals surface area contributed by atoms with Crippen LogP contribution in [0.2, 0.25) is 0 Å². The quantitative estimate of drug-likeness (QED) is 0.908. The zero-order valence-electron chi connectivity index (χ0n) is 9.69. The number of nitrogens with one attached hydrogen (secondary N) is 1. The van der Waals surface area contributed by atoms with Gasteiger partial charge in [-0.25, -0.2) is 0 Å². The summed E-state index contributed by atoms with van der Waals surface area (Å²) in [6, 6.07) is 8.95. The van der Waals surface area contributed by atoms with Gasteiger partial charge in [0.25, 0.3) is 0 Å². The van der Waals surface area contributed by atoms with E-state index in [-0.39, 0.29) is 17.7 Å². The number of alkyl halides is 3. The molecule has 2 rings (SSSR count). The number of benzene rings is 1. The third kappa shape index (κ3) is 3.65. The van der Waals surface area contributed by atoms with Crippen LogP contribution in [0.5, 0.6) is 0 Å². The van der Waals surface area contributed by atoms with Gasteiger partial charge in [0.2, 0.25) is 11.0 Å². The largest absolute Gasteiger partial charge is 0.452 e. The van der Waals surface area contributed by atoms with Crippen molar-refractivity contribution in [2.75, 3.05) is 11.9 Å². The fourth-order valence-corrected chi connectivity index (χ4v) is 2.02. The van der Waals surface area contributed by atoms with Gasteiger partial charge in [-0.3, -0.25) is 0 Å². The van der Waals surface area contributed by atoms with Crippen molar-refractivity contribution >= 4 is 16.7 Å². The lowest BCUT2D eigenvalue weighted by atomic mass is 10.1. The van der Waals surface area contributed by atoms with Crippen LogP contribution in [0.15, 0.2) is 30.3 Å². The number of hydrogen-bond donors (Lipinski definition) is 2. The zero-order chi connectivity index (χ0) is 13.9. The molecule has 0 bridgehead atoms. The molecule has 0 aliphatic rings. The minimum Gasteiger partial charge on any atom is -0.358 e. The number of rotatable bonds is 4. The van der Waals surface area contributed by atoms with Gasteiger partial charge < -0.3 is 11.1 Å². The molecule has 0 radical (unpaired) electrons. The first kappa shape index (κ1) is 13.8. The van der Waals surface area contributed by atoms with Crippen molar-refractivity contribution in [2.24, 2.45) is 5.73 Å². The number of anilines is 1. The van der Waals surface area contributed by atoms with Crippen molar-refractivity contribution in [1.82, 2.24) is 9.36 Å². The van der Waals surface area contributed by atoms with Crippen molar-refractivity contribution in [2.45, 2.75) is 12.2 Å². The second kappa shape index (κ2) is 5.54. The average molecular weight is 288 g/mol. The Morgan fingerprint density at radius 3 is 2.53 bits per heavy atom. The summed E-state index contributed by atoms with van der Waals surface area (Å²) in [5.41, 5.74) is 6.81. The first-order chi connectivity index (χ1) is 8.97. The molecule has 0 fully saturated rings. The fourth-order valence-electron chi connectivity index (χ4n) is 1.43. The van der Waals surface area contributed by atoms with Gasteiger partial charge in [0.1, 0.15) is 0 Å². The molecule has 1 aromatic heterocycles. The second-order valence-electron chi connectivity index (χ2n) is 3.82. The Morgan fingerprint density at radius 2 is 1.95 bits per heavy atom. The van der Waals surface area contributed by atoms with E-state index in [9.17, 15) is 13.2 Å². The maximum atomic E-state index is 12.3. The summed E-state index contributed by atoms with van der Waals surface area (Å²) in [7, 11) is 0. The Morgan fingerprint density at radius 1 is 1.26 bits per heavy atom. The summed E-state index contributed by atoms with van der Waals surface area (Å²) >= 11 is 0.666. The van der Waals surface area contributed by atoms with E-state index in [2.05, 4.69) is 14.7 Å². The maximum absolute atomic E-state index is 12.3. The van der Waals surface area contributed by atoms with Crippen molar-refractivity contribution in [3.8, 4) is 0 Å². The molecule has 0 amide bonds. The first-order valence-corrected chi connectivity index (χ1v) is 6.19.